The highest BCUT2D eigenvalue weighted by atomic mass is 19.1. The van der Waals surface area contributed by atoms with E-state index in [1.165, 1.54) is 12.1 Å². The van der Waals surface area contributed by atoms with E-state index in [-0.39, 0.29) is 12.1 Å². The summed E-state index contributed by atoms with van der Waals surface area (Å²) >= 11 is 0. The number of urea groups is 1. The van der Waals surface area contributed by atoms with Crippen LogP contribution in [0.1, 0.15) is 31.4 Å². The predicted octanol–water partition coefficient (Wildman–Crippen LogP) is 3.96. The van der Waals surface area contributed by atoms with Crippen molar-refractivity contribution in [2.45, 2.75) is 31.9 Å². The van der Waals surface area contributed by atoms with Crippen LogP contribution in [0.4, 0.5) is 18.4 Å². The number of ether oxygens (including phenoxy) is 1. The monoisotopic (exact) mass is 403 g/mol. The zero-order chi connectivity index (χ0) is 21.0. The van der Waals surface area contributed by atoms with E-state index in [1.807, 2.05) is 19.1 Å². The maximum absolute atomic E-state index is 14.0. The Balaban J connectivity index is 1.62. The molecule has 2 aromatic carbocycles. The van der Waals surface area contributed by atoms with Crippen LogP contribution in [0.15, 0.2) is 42.5 Å². The Morgan fingerprint density at radius 3 is 2.62 bits per heavy atom. The van der Waals surface area contributed by atoms with Crippen LogP contribution in [0.5, 0.6) is 0 Å². The zero-order valence-electron chi connectivity index (χ0n) is 16.0. The van der Waals surface area contributed by atoms with Crippen molar-refractivity contribution in [1.29, 1.82) is 0 Å². The highest BCUT2D eigenvalue weighted by Gasteiger charge is 2.30. The molecule has 1 aliphatic heterocycles. The van der Waals surface area contributed by atoms with Gasteiger partial charge in [0.15, 0.2) is 0 Å². The summed E-state index contributed by atoms with van der Waals surface area (Å²) in [5.74, 6) is -1.24. The van der Waals surface area contributed by atoms with Crippen LogP contribution in [0.25, 0.3) is 11.1 Å². The molecule has 1 heterocycles. The number of primary amides is 1. The number of hydrogen-bond donors (Lipinski definition) is 2. The summed E-state index contributed by atoms with van der Waals surface area (Å²) in [7, 11) is 0. The Morgan fingerprint density at radius 2 is 2.00 bits per heavy atom. The number of rotatable bonds is 6. The lowest BCUT2D eigenvalue weighted by Crippen LogP contribution is -2.44. The molecule has 0 saturated carbocycles. The molecular weight excluding hydrogens is 380 g/mol. The molecule has 3 rings (SSSR count). The summed E-state index contributed by atoms with van der Waals surface area (Å²) in [6.45, 7) is 2.77. The second-order valence-corrected chi connectivity index (χ2v) is 6.99. The summed E-state index contributed by atoms with van der Waals surface area (Å²) in [5.41, 5.74) is 6.84. The van der Waals surface area contributed by atoms with Crippen LogP contribution in [0, 0.1) is 11.6 Å². The van der Waals surface area contributed by atoms with Crippen molar-refractivity contribution >= 4 is 12.1 Å². The zero-order valence-corrected chi connectivity index (χ0v) is 16.0. The van der Waals surface area contributed by atoms with Gasteiger partial charge in [-0.25, -0.2) is 18.4 Å². The molecule has 0 bridgehead atoms. The Labute approximate surface area is 167 Å². The Morgan fingerprint density at radius 1 is 1.28 bits per heavy atom. The van der Waals surface area contributed by atoms with Crippen LogP contribution < -0.4 is 11.1 Å². The maximum Gasteiger partial charge on any atom is 0.410 e. The standard InChI is InChI=1S/C21H23F2N3O3/c1-13(26-11-9-17(29-21(26)28)8-10-25-20(24)27)14-2-4-15(5-3-14)18-7-6-16(22)12-19(18)23/h2-7,12-13,17H,8-11H2,1H3,(H3,24,25,27). The molecule has 1 saturated heterocycles. The molecule has 2 unspecified atom stereocenters. The van der Waals surface area contributed by atoms with Crippen LogP contribution in [0.3, 0.4) is 0 Å². The largest absolute Gasteiger partial charge is 0.446 e. The molecule has 0 aliphatic carbocycles. The summed E-state index contributed by atoms with van der Waals surface area (Å²) in [4.78, 5) is 24.7. The first-order valence-corrected chi connectivity index (χ1v) is 9.41. The molecule has 1 fully saturated rings. The molecule has 0 spiro atoms. The van der Waals surface area contributed by atoms with Crippen molar-refractivity contribution in [3.63, 3.8) is 0 Å². The number of carbonyl (C=O) groups excluding carboxylic acids is 2. The van der Waals surface area contributed by atoms with Crippen molar-refractivity contribution in [3.05, 3.63) is 59.7 Å². The van der Waals surface area contributed by atoms with Crippen molar-refractivity contribution in [3.8, 4) is 11.1 Å². The van der Waals surface area contributed by atoms with E-state index in [2.05, 4.69) is 5.32 Å². The number of hydrogen-bond acceptors (Lipinski definition) is 3. The maximum atomic E-state index is 14.0. The van der Waals surface area contributed by atoms with Crippen LogP contribution >= 0.6 is 0 Å². The van der Waals surface area contributed by atoms with Crippen molar-refractivity contribution in [2.24, 2.45) is 5.73 Å². The number of nitrogens with two attached hydrogens (primary N) is 1. The van der Waals surface area contributed by atoms with Crippen LogP contribution in [-0.4, -0.2) is 36.2 Å². The number of halogens is 2. The summed E-state index contributed by atoms with van der Waals surface area (Å²) < 4.78 is 32.5. The first-order chi connectivity index (χ1) is 13.8. The number of benzene rings is 2. The fourth-order valence-electron chi connectivity index (χ4n) is 3.40. The molecule has 0 aromatic heterocycles. The Kier molecular flexibility index (Phi) is 6.31. The van der Waals surface area contributed by atoms with Gasteiger partial charge in [-0.1, -0.05) is 24.3 Å². The fourth-order valence-corrected chi connectivity index (χ4v) is 3.40. The molecule has 29 heavy (non-hydrogen) atoms. The van der Waals surface area contributed by atoms with E-state index >= 15 is 0 Å². The Hall–Kier alpha value is -3.16. The highest BCUT2D eigenvalue weighted by molar-refractivity contribution is 5.71. The quantitative estimate of drug-likeness (QED) is 0.766. The van der Waals surface area contributed by atoms with Gasteiger partial charge in [-0.3, -0.25) is 0 Å². The number of amides is 3. The van der Waals surface area contributed by atoms with E-state index in [4.69, 9.17) is 10.5 Å². The Bertz CT molecular complexity index is 889. The first kappa shape index (κ1) is 20.6. The summed E-state index contributed by atoms with van der Waals surface area (Å²) in [6, 6.07) is 9.77. The molecule has 2 atom stereocenters. The lowest BCUT2D eigenvalue weighted by molar-refractivity contribution is 0.0105. The van der Waals surface area contributed by atoms with Gasteiger partial charge >= 0.3 is 12.1 Å². The lowest BCUT2D eigenvalue weighted by Gasteiger charge is -2.36. The minimum atomic E-state index is -0.623. The van der Waals surface area contributed by atoms with Gasteiger partial charge in [-0.2, -0.15) is 0 Å². The molecular formula is C21H23F2N3O3. The van der Waals surface area contributed by atoms with E-state index in [1.54, 1.807) is 17.0 Å². The number of nitrogens with one attached hydrogen (secondary N) is 1. The number of carbonyl (C=O) groups is 2. The van der Waals surface area contributed by atoms with Gasteiger partial charge in [-0.15, -0.1) is 0 Å². The molecule has 0 radical (unpaired) electrons. The molecule has 3 amide bonds. The van der Waals surface area contributed by atoms with Gasteiger partial charge in [0.1, 0.15) is 17.7 Å². The van der Waals surface area contributed by atoms with Crippen molar-refractivity contribution < 1.29 is 23.1 Å². The summed E-state index contributed by atoms with van der Waals surface area (Å²) in [5, 5.41) is 2.48. The normalized spacial score (nSPS) is 17.6. The average molecular weight is 403 g/mol. The van der Waals surface area contributed by atoms with E-state index in [9.17, 15) is 18.4 Å². The van der Waals surface area contributed by atoms with Gasteiger partial charge in [0, 0.05) is 37.6 Å². The van der Waals surface area contributed by atoms with Gasteiger partial charge in [0.05, 0.1) is 6.04 Å². The van der Waals surface area contributed by atoms with Gasteiger partial charge in [0.25, 0.3) is 0 Å². The SMILES string of the molecule is CC(c1ccc(-c2ccc(F)cc2F)cc1)N1CCC(CCNC(N)=O)OC1=O. The van der Waals surface area contributed by atoms with Gasteiger partial charge in [0.2, 0.25) is 0 Å². The first-order valence-electron chi connectivity index (χ1n) is 9.41. The predicted molar refractivity (Wildman–Crippen MR) is 104 cm³/mol. The van der Waals surface area contributed by atoms with Gasteiger partial charge < -0.3 is 20.7 Å². The minimum absolute atomic E-state index is 0.223. The van der Waals surface area contributed by atoms with Crippen molar-refractivity contribution in [1.82, 2.24) is 10.2 Å². The lowest BCUT2D eigenvalue weighted by atomic mass is 10.00. The van der Waals surface area contributed by atoms with Crippen molar-refractivity contribution in [2.75, 3.05) is 13.1 Å². The highest BCUT2D eigenvalue weighted by Crippen LogP contribution is 2.29. The molecule has 2 aromatic rings. The van der Waals surface area contributed by atoms with E-state index in [0.717, 1.165) is 11.6 Å². The smallest absolute Gasteiger partial charge is 0.410 e. The second kappa shape index (κ2) is 8.89. The number of nitrogens with zero attached hydrogens (tertiary/aromatic N) is 1. The molecule has 8 heteroatoms. The van der Waals surface area contributed by atoms with Gasteiger partial charge in [-0.05, 0) is 30.2 Å². The average Bonchev–Trinajstić information content (AvgIpc) is 2.67. The van der Waals surface area contributed by atoms with E-state index in [0.29, 0.717) is 37.1 Å². The fraction of sp³-hybridized carbons (Fsp3) is 0.333. The third kappa shape index (κ3) is 5.01. The third-order valence-electron chi connectivity index (χ3n) is 5.06. The van der Waals surface area contributed by atoms with Crippen LogP contribution in [0.2, 0.25) is 0 Å². The number of cyclic esters (lactones) is 1. The summed E-state index contributed by atoms with van der Waals surface area (Å²) in [6.07, 6.45) is 0.479. The molecule has 3 N–H and O–H groups in total. The minimum Gasteiger partial charge on any atom is -0.446 e. The van der Waals surface area contributed by atoms with E-state index < -0.39 is 23.8 Å². The molecule has 154 valence electrons. The van der Waals surface area contributed by atoms with Crippen LogP contribution in [-0.2, 0) is 4.74 Å². The third-order valence-corrected chi connectivity index (χ3v) is 5.06. The topological polar surface area (TPSA) is 84.7 Å². The molecule has 1 aliphatic rings. The molecule has 6 nitrogen and oxygen atoms in total. The second-order valence-electron chi connectivity index (χ2n) is 6.99.